The number of unbranched alkanes of at least 4 members (excludes halogenated alkanes) is 1. The van der Waals surface area contributed by atoms with E-state index in [1.165, 1.54) is 0 Å². The van der Waals surface area contributed by atoms with Crippen molar-refractivity contribution in [3.63, 3.8) is 0 Å². The van der Waals surface area contributed by atoms with Gasteiger partial charge in [-0.3, -0.25) is 0 Å². The zero-order chi connectivity index (χ0) is 33.1. The van der Waals surface area contributed by atoms with Crippen LogP contribution in [0.15, 0.2) is 85.7 Å². The topological polar surface area (TPSA) is 124 Å². The van der Waals surface area contributed by atoms with Crippen molar-refractivity contribution in [2.75, 3.05) is 26.4 Å². The van der Waals surface area contributed by atoms with Gasteiger partial charge in [0.05, 0.1) is 32.0 Å². The Bertz CT molecular complexity index is 1610. The van der Waals surface area contributed by atoms with Gasteiger partial charge in [-0.05, 0) is 83.6 Å². The highest BCUT2D eigenvalue weighted by Crippen LogP contribution is 2.47. The smallest absolute Gasteiger partial charge is 0.493 e. The first-order chi connectivity index (χ1) is 22.2. The van der Waals surface area contributed by atoms with Crippen molar-refractivity contribution in [3.8, 4) is 28.4 Å². The van der Waals surface area contributed by atoms with Gasteiger partial charge < -0.3 is 28.4 Å². The number of hydrogen-bond donors (Lipinski definition) is 0. The summed E-state index contributed by atoms with van der Waals surface area (Å²) in [6.45, 7) is 8.75. The number of esters is 3. The third-order valence-corrected chi connectivity index (χ3v) is 6.95. The molecule has 0 N–H and O–H groups in total. The maximum Gasteiger partial charge on any atom is 0.513 e. The predicted octanol–water partition coefficient (Wildman–Crippen LogP) is 6.86. The lowest BCUT2D eigenvalue weighted by Gasteiger charge is -2.10. The SMILES string of the molecule is C=CC(=O)OCCCCOC(=O)Oc1ccc2c(c1)C(C)c1cc(OC(=O)c3ccc(OCCCOC(=O)C(=C)F)cc3)ccc1-2. The summed E-state index contributed by atoms with van der Waals surface area (Å²) in [4.78, 5) is 47.1. The molecule has 3 aromatic rings. The molecule has 3 aromatic carbocycles. The van der Waals surface area contributed by atoms with E-state index in [2.05, 4.69) is 17.9 Å². The molecule has 4 rings (SSSR count). The molecule has 0 aliphatic heterocycles. The van der Waals surface area contributed by atoms with Crippen molar-refractivity contribution in [2.24, 2.45) is 0 Å². The average Bonchev–Trinajstić information content (AvgIpc) is 3.32. The minimum atomic E-state index is -1.15. The molecule has 0 saturated carbocycles. The van der Waals surface area contributed by atoms with E-state index in [1.807, 2.05) is 25.1 Å². The molecule has 10 nitrogen and oxygen atoms in total. The Morgan fingerprint density at radius 3 is 1.91 bits per heavy atom. The number of hydrogen-bond acceptors (Lipinski definition) is 10. The minimum absolute atomic E-state index is 0.0134. The molecular formula is C35H33FO10. The molecule has 0 radical (unpaired) electrons. The first-order valence-electron chi connectivity index (χ1n) is 14.5. The van der Waals surface area contributed by atoms with Gasteiger partial charge in [-0.25, -0.2) is 19.2 Å². The average molecular weight is 633 g/mol. The van der Waals surface area contributed by atoms with Crippen molar-refractivity contribution < 1.29 is 52.0 Å². The summed E-state index contributed by atoms with van der Waals surface area (Å²) in [6, 6.07) is 17.2. The summed E-state index contributed by atoms with van der Waals surface area (Å²) >= 11 is 0. The van der Waals surface area contributed by atoms with Crippen molar-refractivity contribution >= 4 is 24.1 Å². The Hall–Kier alpha value is -5.45. The third kappa shape index (κ3) is 9.04. The van der Waals surface area contributed by atoms with E-state index in [9.17, 15) is 23.6 Å². The van der Waals surface area contributed by atoms with E-state index < -0.39 is 29.9 Å². The van der Waals surface area contributed by atoms with Crippen LogP contribution in [0.5, 0.6) is 17.2 Å². The maximum atomic E-state index is 12.8. The highest BCUT2D eigenvalue weighted by atomic mass is 19.1. The summed E-state index contributed by atoms with van der Waals surface area (Å²) in [5, 5.41) is 0. The molecule has 0 amide bonds. The molecule has 240 valence electrons. The van der Waals surface area contributed by atoms with Crippen molar-refractivity contribution in [1.29, 1.82) is 0 Å². The summed E-state index contributed by atoms with van der Waals surface area (Å²) in [5.74, 6) is -2.12. The van der Waals surface area contributed by atoms with Crippen LogP contribution in [-0.4, -0.2) is 50.5 Å². The molecular weight excluding hydrogens is 599 g/mol. The fraction of sp³-hybridized carbons (Fsp3) is 0.257. The van der Waals surface area contributed by atoms with E-state index in [4.69, 9.17) is 23.7 Å². The number of benzene rings is 3. The lowest BCUT2D eigenvalue weighted by atomic mass is 9.99. The molecule has 0 saturated heterocycles. The highest BCUT2D eigenvalue weighted by Gasteiger charge is 2.27. The molecule has 11 heteroatoms. The van der Waals surface area contributed by atoms with Crippen LogP contribution >= 0.6 is 0 Å². The first kappa shape index (κ1) is 33.4. The second-order valence-electron chi connectivity index (χ2n) is 10.2. The molecule has 1 aliphatic carbocycles. The van der Waals surface area contributed by atoms with Crippen LogP contribution in [-0.2, 0) is 23.8 Å². The van der Waals surface area contributed by atoms with E-state index in [0.717, 1.165) is 28.3 Å². The van der Waals surface area contributed by atoms with E-state index >= 15 is 0 Å². The zero-order valence-electron chi connectivity index (χ0n) is 25.3. The zero-order valence-corrected chi connectivity index (χ0v) is 25.3. The number of ether oxygens (including phenoxy) is 6. The van der Waals surface area contributed by atoms with E-state index in [-0.39, 0.29) is 32.3 Å². The van der Waals surface area contributed by atoms with Crippen LogP contribution in [0.25, 0.3) is 11.1 Å². The molecule has 0 aromatic heterocycles. The molecule has 1 aliphatic rings. The predicted molar refractivity (Wildman–Crippen MR) is 164 cm³/mol. The van der Waals surface area contributed by atoms with E-state index in [0.29, 0.717) is 42.1 Å². The van der Waals surface area contributed by atoms with Crippen LogP contribution in [0.4, 0.5) is 9.18 Å². The number of fused-ring (bicyclic) bond motifs is 3. The summed E-state index contributed by atoms with van der Waals surface area (Å²) < 4.78 is 43.8. The quantitative estimate of drug-likeness (QED) is 0.0438. The molecule has 0 heterocycles. The monoisotopic (exact) mass is 632 g/mol. The standard InChI is InChI=1S/C35H33FO10/c1-4-32(37)42-16-5-6-17-44-35(40)46-27-13-15-29-28-14-12-26(20-30(28)22(2)31(29)21-27)45-34(39)24-8-10-25(11-9-24)41-18-7-19-43-33(38)23(3)36/h4,8-15,20-22H,1,3,5-7,16-19H2,2H3. The van der Waals surface area contributed by atoms with Crippen LogP contribution in [0, 0.1) is 0 Å². The lowest BCUT2D eigenvalue weighted by Crippen LogP contribution is -2.12. The summed E-state index contributed by atoms with van der Waals surface area (Å²) in [6.07, 6.45) is 1.65. The van der Waals surface area contributed by atoms with Gasteiger partial charge >= 0.3 is 24.1 Å². The van der Waals surface area contributed by atoms with Gasteiger partial charge in [0, 0.05) is 18.4 Å². The van der Waals surface area contributed by atoms with Gasteiger partial charge in [-0.15, -0.1) is 0 Å². The van der Waals surface area contributed by atoms with Gasteiger partial charge in [0.2, 0.25) is 5.83 Å². The van der Waals surface area contributed by atoms with Crippen LogP contribution < -0.4 is 14.2 Å². The van der Waals surface area contributed by atoms with Crippen LogP contribution in [0.2, 0.25) is 0 Å². The largest absolute Gasteiger partial charge is 0.513 e. The number of halogens is 1. The Morgan fingerprint density at radius 2 is 1.30 bits per heavy atom. The van der Waals surface area contributed by atoms with Crippen molar-refractivity contribution in [1.82, 2.24) is 0 Å². The van der Waals surface area contributed by atoms with Crippen LogP contribution in [0.1, 0.15) is 53.6 Å². The highest BCUT2D eigenvalue weighted by molar-refractivity contribution is 5.91. The van der Waals surface area contributed by atoms with Gasteiger partial charge in [0.15, 0.2) is 0 Å². The van der Waals surface area contributed by atoms with Crippen LogP contribution in [0.3, 0.4) is 0 Å². The summed E-state index contributed by atoms with van der Waals surface area (Å²) in [5.41, 5.74) is 4.21. The Morgan fingerprint density at radius 1 is 0.739 bits per heavy atom. The molecule has 1 atom stereocenters. The van der Waals surface area contributed by atoms with Gasteiger partial charge in [0.1, 0.15) is 17.2 Å². The Kier molecular flexibility index (Phi) is 11.7. The van der Waals surface area contributed by atoms with Gasteiger partial charge in [0.25, 0.3) is 0 Å². The molecule has 0 spiro atoms. The van der Waals surface area contributed by atoms with Gasteiger partial charge in [-0.1, -0.05) is 32.2 Å². The second-order valence-corrected chi connectivity index (χ2v) is 10.2. The maximum absolute atomic E-state index is 12.8. The summed E-state index contributed by atoms with van der Waals surface area (Å²) in [7, 11) is 0. The third-order valence-electron chi connectivity index (χ3n) is 6.95. The van der Waals surface area contributed by atoms with Crippen molar-refractivity contribution in [3.05, 3.63) is 102 Å². The lowest BCUT2D eigenvalue weighted by molar-refractivity contribution is -0.141. The molecule has 0 bridgehead atoms. The molecule has 0 fully saturated rings. The fourth-order valence-electron chi connectivity index (χ4n) is 4.65. The van der Waals surface area contributed by atoms with Gasteiger partial charge in [-0.2, -0.15) is 4.39 Å². The van der Waals surface area contributed by atoms with E-state index in [1.54, 1.807) is 42.5 Å². The number of carbonyl (C=O) groups is 4. The number of carbonyl (C=O) groups excluding carboxylic acids is 4. The number of rotatable bonds is 15. The first-order valence-corrected chi connectivity index (χ1v) is 14.5. The fourth-order valence-corrected chi connectivity index (χ4v) is 4.65. The second kappa shape index (κ2) is 16.0. The molecule has 1 unspecified atom stereocenters. The minimum Gasteiger partial charge on any atom is -0.493 e. The van der Waals surface area contributed by atoms with Crippen molar-refractivity contribution in [2.45, 2.75) is 32.1 Å². The molecule has 46 heavy (non-hydrogen) atoms. The Labute approximate surface area is 265 Å². The Balaban J connectivity index is 1.26. The normalized spacial score (nSPS) is 12.6.